The zero-order chi connectivity index (χ0) is 14.6. The third kappa shape index (κ3) is 4.53. The van der Waals surface area contributed by atoms with Crippen LogP contribution in [0.3, 0.4) is 0 Å². The van der Waals surface area contributed by atoms with Crippen LogP contribution >= 0.6 is 11.3 Å². The van der Waals surface area contributed by atoms with E-state index in [-0.39, 0.29) is 10.8 Å². The van der Waals surface area contributed by atoms with E-state index in [0.717, 1.165) is 29.4 Å². The molecule has 114 valence electrons. The molecule has 1 aromatic rings. The van der Waals surface area contributed by atoms with Crippen molar-refractivity contribution >= 4 is 21.4 Å². The minimum atomic E-state index is -3.46. The number of nitrogens with one attached hydrogen (secondary N) is 1. The lowest BCUT2D eigenvalue weighted by Gasteiger charge is -2.05. The summed E-state index contributed by atoms with van der Waals surface area (Å²) >= 11 is 1.12. The van der Waals surface area contributed by atoms with Crippen molar-refractivity contribution in [1.82, 2.24) is 4.72 Å². The maximum atomic E-state index is 12.0. The molecule has 2 N–H and O–H groups in total. The van der Waals surface area contributed by atoms with E-state index in [0.29, 0.717) is 24.4 Å². The van der Waals surface area contributed by atoms with Gasteiger partial charge in [-0.05, 0) is 43.7 Å². The van der Waals surface area contributed by atoms with Crippen LogP contribution in [-0.2, 0) is 21.4 Å². The SMILES string of the molecule is Cc1cc(S(=O)(=O)NCCCOCC2CC2)sc1CO. The minimum absolute atomic E-state index is 0.124. The molecule has 1 saturated carbocycles. The van der Waals surface area contributed by atoms with Crippen LogP contribution in [-0.4, -0.2) is 33.3 Å². The molecule has 0 unspecified atom stereocenters. The van der Waals surface area contributed by atoms with Crippen molar-refractivity contribution < 1.29 is 18.3 Å². The number of ether oxygens (including phenoxy) is 1. The molecule has 1 fully saturated rings. The molecule has 0 spiro atoms. The molecule has 0 amide bonds. The van der Waals surface area contributed by atoms with Crippen molar-refractivity contribution in [3.05, 3.63) is 16.5 Å². The summed E-state index contributed by atoms with van der Waals surface area (Å²) in [5, 5.41) is 9.10. The maximum absolute atomic E-state index is 12.0. The average Bonchev–Trinajstić information content (AvgIpc) is 3.14. The third-order valence-electron chi connectivity index (χ3n) is 3.21. The highest BCUT2D eigenvalue weighted by Crippen LogP contribution is 2.28. The molecular weight excluding hydrogens is 298 g/mol. The fourth-order valence-corrected chi connectivity index (χ4v) is 4.33. The topological polar surface area (TPSA) is 75.6 Å². The number of aliphatic hydroxyl groups excluding tert-OH is 1. The molecule has 7 heteroatoms. The number of hydrogen-bond donors (Lipinski definition) is 2. The smallest absolute Gasteiger partial charge is 0.250 e. The number of thiophene rings is 1. The van der Waals surface area contributed by atoms with Crippen LogP contribution in [0.15, 0.2) is 10.3 Å². The average molecular weight is 319 g/mol. The van der Waals surface area contributed by atoms with Crippen LogP contribution < -0.4 is 4.72 Å². The first-order valence-electron chi connectivity index (χ1n) is 6.80. The molecule has 0 aromatic carbocycles. The Morgan fingerprint density at radius 3 is 2.85 bits per heavy atom. The summed E-state index contributed by atoms with van der Waals surface area (Å²) in [6.45, 7) is 3.44. The van der Waals surface area contributed by atoms with Crippen LogP contribution in [0.5, 0.6) is 0 Å². The lowest BCUT2D eigenvalue weighted by molar-refractivity contribution is 0.123. The van der Waals surface area contributed by atoms with E-state index >= 15 is 0 Å². The fraction of sp³-hybridized carbons (Fsp3) is 0.692. The van der Waals surface area contributed by atoms with E-state index < -0.39 is 10.0 Å². The van der Waals surface area contributed by atoms with Crippen LogP contribution in [0.2, 0.25) is 0 Å². The summed E-state index contributed by atoms with van der Waals surface area (Å²) in [5.41, 5.74) is 0.811. The van der Waals surface area contributed by atoms with E-state index in [1.165, 1.54) is 12.8 Å². The van der Waals surface area contributed by atoms with Crippen molar-refractivity contribution in [3.8, 4) is 0 Å². The Labute approximate surface area is 124 Å². The first kappa shape index (κ1) is 15.9. The molecule has 2 rings (SSSR count). The first-order valence-corrected chi connectivity index (χ1v) is 9.10. The molecule has 0 aliphatic heterocycles. The standard InChI is InChI=1S/C13H21NO4S2/c1-10-7-13(19-12(10)8-15)20(16,17)14-5-2-6-18-9-11-3-4-11/h7,11,14-15H,2-6,8-9H2,1H3. The van der Waals surface area contributed by atoms with Gasteiger partial charge in [0.15, 0.2) is 0 Å². The highest BCUT2D eigenvalue weighted by molar-refractivity contribution is 7.91. The number of aryl methyl sites for hydroxylation is 1. The summed E-state index contributed by atoms with van der Waals surface area (Å²) in [7, 11) is -3.46. The van der Waals surface area contributed by atoms with Gasteiger partial charge < -0.3 is 9.84 Å². The molecule has 5 nitrogen and oxygen atoms in total. The first-order chi connectivity index (χ1) is 9.53. The second kappa shape index (κ2) is 7.00. The van der Waals surface area contributed by atoms with E-state index in [2.05, 4.69) is 4.72 Å². The molecular formula is C13H21NO4S2. The normalized spacial score (nSPS) is 15.7. The summed E-state index contributed by atoms with van der Waals surface area (Å²) in [4.78, 5) is 0.693. The van der Waals surface area contributed by atoms with Gasteiger partial charge in [-0.25, -0.2) is 13.1 Å². The molecule has 20 heavy (non-hydrogen) atoms. The van der Waals surface area contributed by atoms with Gasteiger partial charge in [-0.1, -0.05) is 0 Å². The van der Waals surface area contributed by atoms with Crippen molar-refractivity contribution in [2.24, 2.45) is 5.92 Å². The molecule has 1 heterocycles. The highest BCUT2D eigenvalue weighted by Gasteiger charge is 2.21. The molecule has 0 radical (unpaired) electrons. The largest absolute Gasteiger partial charge is 0.391 e. The Balaban J connectivity index is 1.74. The molecule has 1 aromatic heterocycles. The van der Waals surface area contributed by atoms with Crippen LogP contribution in [0.1, 0.15) is 29.7 Å². The van der Waals surface area contributed by atoms with Gasteiger partial charge >= 0.3 is 0 Å². The predicted molar refractivity (Wildman–Crippen MR) is 78.3 cm³/mol. The summed E-state index contributed by atoms with van der Waals surface area (Å²) in [6, 6.07) is 1.60. The lowest BCUT2D eigenvalue weighted by Crippen LogP contribution is -2.25. The molecule has 0 bridgehead atoms. The molecule has 1 aliphatic carbocycles. The van der Waals surface area contributed by atoms with Gasteiger partial charge in [0.1, 0.15) is 4.21 Å². The van der Waals surface area contributed by atoms with Gasteiger partial charge in [-0.2, -0.15) is 0 Å². The minimum Gasteiger partial charge on any atom is -0.391 e. The summed E-state index contributed by atoms with van der Waals surface area (Å²) < 4.78 is 32.4. The lowest BCUT2D eigenvalue weighted by atomic mass is 10.3. The Morgan fingerprint density at radius 1 is 1.50 bits per heavy atom. The zero-order valence-corrected chi connectivity index (χ0v) is 13.2. The third-order valence-corrected chi connectivity index (χ3v) is 6.37. The van der Waals surface area contributed by atoms with Crippen molar-refractivity contribution in [2.45, 2.75) is 37.0 Å². The summed E-state index contributed by atoms with van der Waals surface area (Å²) in [5.74, 6) is 0.734. The van der Waals surface area contributed by atoms with Gasteiger partial charge in [-0.3, -0.25) is 0 Å². The second-order valence-electron chi connectivity index (χ2n) is 5.10. The van der Waals surface area contributed by atoms with Gasteiger partial charge in [-0.15, -0.1) is 11.3 Å². The van der Waals surface area contributed by atoms with Crippen LogP contribution in [0.25, 0.3) is 0 Å². The monoisotopic (exact) mass is 319 g/mol. The van der Waals surface area contributed by atoms with Crippen LogP contribution in [0, 0.1) is 12.8 Å². The van der Waals surface area contributed by atoms with Crippen molar-refractivity contribution in [2.75, 3.05) is 19.8 Å². The quantitative estimate of drug-likeness (QED) is 0.679. The number of aliphatic hydroxyl groups is 1. The van der Waals surface area contributed by atoms with Gasteiger partial charge in [0.2, 0.25) is 10.0 Å². The Bertz CT molecular complexity index is 535. The maximum Gasteiger partial charge on any atom is 0.250 e. The van der Waals surface area contributed by atoms with Crippen molar-refractivity contribution in [1.29, 1.82) is 0 Å². The zero-order valence-electron chi connectivity index (χ0n) is 11.6. The van der Waals surface area contributed by atoms with Gasteiger partial charge in [0, 0.05) is 24.6 Å². The predicted octanol–water partition coefficient (Wildman–Crippen LogP) is 1.64. The second-order valence-corrected chi connectivity index (χ2v) is 8.23. The molecule has 0 saturated heterocycles. The Kier molecular flexibility index (Phi) is 5.57. The van der Waals surface area contributed by atoms with E-state index in [4.69, 9.17) is 9.84 Å². The number of hydrogen-bond acceptors (Lipinski definition) is 5. The Morgan fingerprint density at radius 2 is 2.25 bits per heavy atom. The highest BCUT2D eigenvalue weighted by atomic mass is 32.2. The molecule has 0 atom stereocenters. The number of sulfonamides is 1. The van der Waals surface area contributed by atoms with E-state index in [1.807, 2.05) is 0 Å². The summed E-state index contributed by atoms with van der Waals surface area (Å²) in [6.07, 6.45) is 3.19. The molecule has 1 aliphatic rings. The fourth-order valence-electron chi connectivity index (χ4n) is 1.76. The van der Waals surface area contributed by atoms with Gasteiger partial charge in [0.05, 0.1) is 6.61 Å². The Hall–Kier alpha value is -0.470. The van der Waals surface area contributed by atoms with E-state index in [9.17, 15) is 8.42 Å². The number of rotatable bonds is 9. The van der Waals surface area contributed by atoms with E-state index in [1.54, 1.807) is 13.0 Å². The van der Waals surface area contributed by atoms with Gasteiger partial charge in [0.25, 0.3) is 0 Å². The van der Waals surface area contributed by atoms with Crippen molar-refractivity contribution in [3.63, 3.8) is 0 Å². The van der Waals surface area contributed by atoms with Crippen LogP contribution in [0.4, 0.5) is 0 Å².